The van der Waals surface area contributed by atoms with Gasteiger partial charge in [-0.2, -0.15) is 0 Å². The van der Waals surface area contributed by atoms with E-state index in [1.807, 2.05) is 0 Å². The monoisotopic (exact) mass is 382 g/mol. The summed E-state index contributed by atoms with van der Waals surface area (Å²) in [6, 6.07) is 0. The Hall–Kier alpha value is -0.0400. The molecule has 0 amide bonds. The first-order valence-corrected chi connectivity index (χ1v) is 12.7. The van der Waals surface area contributed by atoms with Crippen LogP contribution in [-0.2, 0) is 4.74 Å². The van der Waals surface area contributed by atoms with Gasteiger partial charge in [0.05, 0.1) is 0 Å². The molecular formula is C26H54O. The third kappa shape index (κ3) is 23.9. The molecule has 0 aromatic carbocycles. The van der Waals surface area contributed by atoms with Crippen LogP contribution in [0.15, 0.2) is 0 Å². The lowest BCUT2D eigenvalue weighted by Gasteiger charge is -2.12. The summed E-state index contributed by atoms with van der Waals surface area (Å²) in [5.41, 5.74) is 0. The minimum Gasteiger partial charge on any atom is -0.381 e. The zero-order valence-electron chi connectivity index (χ0n) is 19.7. The van der Waals surface area contributed by atoms with E-state index in [0.717, 1.165) is 25.0 Å². The van der Waals surface area contributed by atoms with Crippen LogP contribution in [0, 0.1) is 11.8 Å². The summed E-state index contributed by atoms with van der Waals surface area (Å²) < 4.78 is 5.84. The number of hydrogen-bond donors (Lipinski definition) is 0. The Bertz CT molecular complexity index is 261. The molecule has 0 radical (unpaired) electrons. The van der Waals surface area contributed by atoms with Crippen molar-refractivity contribution in [1.29, 1.82) is 0 Å². The Morgan fingerprint density at radius 1 is 0.481 bits per heavy atom. The van der Waals surface area contributed by atoms with Crippen LogP contribution in [0.3, 0.4) is 0 Å². The first-order valence-electron chi connectivity index (χ1n) is 12.7. The van der Waals surface area contributed by atoms with Gasteiger partial charge < -0.3 is 4.74 Å². The van der Waals surface area contributed by atoms with Gasteiger partial charge in [0.15, 0.2) is 0 Å². The molecule has 0 bridgehead atoms. The number of ether oxygens (including phenoxy) is 1. The number of hydrogen-bond acceptors (Lipinski definition) is 1. The molecular weight excluding hydrogens is 328 g/mol. The van der Waals surface area contributed by atoms with Crippen LogP contribution < -0.4 is 0 Å². The molecule has 27 heavy (non-hydrogen) atoms. The summed E-state index contributed by atoms with van der Waals surface area (Å²) in [5, 5.41) is 0. The van der Waals surface area contributed by atoms with Crippen molar-refractivity contribution in [3.63, 3.8) is 0 Å². The van der Waals surface area contributed by atoms with Crippen molar-refractivity contribution in [3.05, 3.63) is 0 Å². The standard InChI is InChI=1S/C26H54O/c1-5-6-7-8-9-10-11-12-13-14-15-16-17-18-23-27-24-22-26(4)21-19-20-25(2)3/h25-26H,5-24H2,1-4H3. The average molecular weight is 383 g/mol. The smallest absolute Gasteiger partial charge is 0.0468 e. The molecule has 0 aromatic rings. The van der Waals surface area contributed by atoms with Crippen LogP contribution >= 0.6 is 0 Å². The molecule has 0 saturated carbocycles. The van der Waals surface area contributed by atoms with E-state index in [1.165, 1.54) is 116 Å². The molecule has 1 unspecified atom stereocenters. The summed E-state index contributed by atoms with van der Waals surface area (Å²) in [6.45, 7) is 11.3. The fraction of sp³-hybridized carbons (Fsp3) is 1.00. The first kappa shape index (κ1) is 27.0. The van der Waals surface area contributed by atoms with E-state index in [-0.39, 0.29) is 0 Å². The maximum absolute atomic E-state index is 5.84. The van der Waals surface area contributed by atoms with Crippen molar-refractivity contribution in [2.24, 2.45) is 11.8 Å². The van der Waals surface area contributed by atoms with Crippen molar-refractivity contribution in [2.45, 2.75) is 143 Å². The van der Waals surface area contributed by atoms with E-state index < -0.39 is 0 Å². The van der Waals surface area contributed by atoms with Crippen molar-refractivity contribution >= 4 is 0 Å². The largest absolute Gasteiger partial charge is 0.381 e. The van der Waals surface area contributed by atoms with Gasteiger partial charge in [0.25, 0.3) is 0 Å². The number of rotatable bonds is 22. The van der Waals surface area contributed by atoms with Gasteiger partial charge in [-0.3, -0.25) is 0 Å². The van der Waals surface area contributed by atoms with E-state index in [9.17, 15) is 0 Å². The molecule has 0 spiro atoms. The van der Waals surface area contributed by atoms with Crippen LogP contribution in [0.2, 0.25) is 0 Å². The summed E-state index contributed by atoms with van der Waals surface area (Å²) in [5.74, 6) is 1.69. The molecule has 0 rings (SSSR count). The topological polar surface area (TPSA) is 9.23 Å². The molecule has 0 saturated heterocycles. The van der Waals surface area contributed by atoms with Crippen molar-refractivity contribution < 1.29 is 4.74 Å². The highest BCUT2D eigenvalue weighted by Crippen LogP contribution is 2.15. The van der Waals surface area contributed by atoms with Gasteiger partial charge in [-0.25, -0.2) is 0 Å². The molecule has 0 aliphatic rings. The third-order valence-corrected chi connectivity index (χ3v) is 5.88. The molecule has 164 valence electrons. The second-order valence-electron chi connectivity index (χ2n) is 9.43. The van der Waals surface area contributed by atoms with Gasteiger partial charge in [0, 0.05) is 13.2 Å². The van der Waals surface area contributed by atoms with E-state index >= 15 is 0 Å². The highest BCUT2D eigenvalue weighted by atomic mass is 16.5. The fourth-order valence-electron chi connectivity index (χ4n) is 3.80. The number of unbranched alkanes of at least 4 members (excludes halogenated alkanes) is 13. The SMILES string of the molecule is CCCCCCCCCCCCCCCCOCCC(C)CCCC(C)C. The average Bonchev–Trinajstić information content (AvgIpc) is 2.64. The fourth-order valence-corrected chi connectivity index (χ4v) is 3.80. The lowest BCUT2D eigenvalue weighted by Crippen LogP contribution is -2.04. The van der Waals surface area contributed by atoms with E-state index in [4.69, 9.17) is 4.74 Å². The quantitative estimate of drug-likeness (QED) is 0.169. The van der Waals surface area contributed by atoms with Crippen LogP contribution in [-0.4, -0.2) is 13.2 Å². The van der Waals surface area contributed by atoms with Crippen LogP contribution in [0.4, 0.5) is 0 Å². The molecule has 1 heteroatoms. The molecule has 1 atom stereocenters. The summed E-state index contributed by atoms with van der Waals surface area (Å²) in [7, 11) is 0. The minimum atomic E-state index is 0.833. The maximum atomic E-state index is 5.84. The Balaban J connectivity index is 3.08. The van der Waals surface area contributed by atoms with Crippen molar-refractivity contribution in [3.8, 4) is 0 Å². The van der Waals surface area contributed by atoms with Crippen LogP contribution in [0.5, 0.6) is 0 Å². The van der Waals surface area contributed by atoms with Crippen LogP contribution in [0.1, 0.15) is 143 Å². The summed E-state index contributed by atoms with van der Waals surface area (Å²) in [6.07, 6.45) is 25.4. The van der Waals surface area contributed by atoms with Gasteiger partial charge in [-0.05, 0) is 24.7 Å². The Kier molecular flexibility index (Phi) is 22.2. The van der Waals surface area contributed by atoms with Gasteiger partial charge in [-0.1, -0.05) is 130 Å². The zero-order valence-corrected chi connectivity index (χ0v) is 19.7. The molecule has 0 heterocycles. The maximum Gasteiger partial charge on any atom is 0.0468 e. The lowest BCUT2D eigenvalue weighted by atomic mass is 9.98. The molecule has 0 fully saturated rings. The van der Waals surface area contributed by atoms with E-state index in [2.05, 4.69) is 27.7 Å². The van der Waals surface area contributed by atoms with Crippen molar-refractivity contribution in [1.82, 2.24) is 0 Å². The van der Waals surface area contributed by atoms with Crippen molar-refractivity contribution in [2.75, 3.05) is 13.2 Å². The molecule has 0 aliphatic carbocycles. The van der Waals surface area contributed by atoms with E-state index in [0.29, 0.717) is 0 Å². The highest BCUT2D eigenvalue weighted by molar-refractivity contribution is 4.55. The van der Waals surface area contributed by atoms with Gasteiger partial charge in [0.2, 0.25) is 0 Å². The third-order valence-electron chi connectivity index (χ3n) is 5.88. The second kappa shape index (κ2) is 22.3. The van der Waals surface area contributed by atoms with Gasteiger partial charge in [-0.15, -0.1) is 0 Å². The van der Waals surface area contributed by atoms with Gasteiger partial charge >= 0.3 is 0 Å². The van der Waals surface area contributed by atoms with Crippen LogP contribution in [0.25, 0.3) is 0 Å². The summed E-state index contributed by atoms with van der Waals surface area (Å²) >= 11 is 0. The predicted octanol–water partition coefficient (Wildman–Crippen LogP) is 9.34. The molecule has 1 nitrogen and oxygen atoms in total. The minimum absolute atomic E-state index is 0.833. The summed E-state index contributed by atoms with van der Waals surface area (Å²) in [4.78, 5) is 0. The highest BCUT2D eigenvalue weighted by Gasteiger charge is 2.03. The zero-order chi connectivity index (χ0) is 20.0. The Labute approximate surface area is 173 Å². The molecule has 0 aliphatic heterocycles. The first-order chi connectivity index (χ1) is 13.2. The lowest BCUT2D eigenvalue weighted by molar-refractivity contribution is 0.116. The molecule has 0 N–H and O–H groups in total. The van der Waals surface area contributed by atoms with E-state index in [1.54, 1.807) is 0 Å². The van der Waals surface area contributed by atoms with Gasteiger partial charge in [0.1, 0.15) is 0 Å². The Morgan fingerprint density at radius 2 is 0.963 bits per heavy atom. The Morgan fingerprint density at radius 3 is 1.44 bits per heavy atom. The predicted molar refractivity (Wildman–Crippen MR) is 124 cm³/mol. The normalized spacial score (nSPS) is 12.8. The molecule has 0 aromatic heterocycles. The second-order valence-corrected chi connectivity index (χ2v) is 9.43.